The predicted molar refractivity (Wildman–Crippen MR) is 83.5 cm³/mol. The summed E-state index contributed by atoms with van der Waals surface area (Å²) < 4.78 is 1.02. The van der Waals surface area contributed by atoms with E-state index >= 15 is 0 Å². The molecule has 1 heterocycles. The van der Waals surface area contributed by atoms with Crippen molar-refractivity contribution in [2.45, 2.75) is 19.9 Å². The van der Waals surface area contributed by atoms with Crippen molar-refractivity contribution >= 4 is 38.9 Å². The molecule has 0 radical (unpaired) electrons. The SMILES string of the molecule is Cc1sc(C(=O)N[C@H](C)c2ccc(Br)cc2)cc1N. The Hall–Kier alpha value is -1.33. The number of anilines is 1. The van der Waals surface area contributed by atoms with Gasteiger partial charge < -0.3 is 11.1 Å². The fourth-order valence-electron chi connectivity index (χ4n) is 1.71. The minimum atomic E-state index is -0.0831. The molecule has 1 aromatic carbocycles. The highest BCUT2D eigenvalue weighted by Crippen LogP contribution is 2.24. The topological polar surface area (TPSA) is 55.1 Å². The lowest BCUT2D eigenvalue weighted by atomic mass is 10.1. The van der Waals surface area contributed by atoms with E-state index in [1.807, 2.05) is 38.1 Å². The molecule has 19 heavy (non-hydrogen) atoms. The van der Waals surface area contributed by atoms with Crippen LogP contribution in [-0.4, -0.2) is 5.91 Å². The summed E-state index contributed by atoms with van der Waals surface area (Å²) in [5.41, 5.74) is 7.50. The number of nitrogen functional groups attached to an aromatic ring is 1. The molecule has 0 unspecified atom stereocenters. The van der Waals surface area contributed by atoms with Gasteiger partial charge in [-0.05, 0) is 37.6 Å². The van der Waals surface area contributed by atoms with Crippen LogP contribution in [-0.2, 0) is 0 Å². The number of nitrogens with one attached hydrogen (secondary N) is 1. The largest absolute Gasteiger partial charge is 0.398 e. The van der Waals surface area contributed by atoms with Crippen molar-refractivity contribution in [1.82, 2.24) is 5.32 Å². The quantitative estimate of drug-likeness (QED) is 0.891. The molecule has 2 rings (SSSR count). The van der Waals surface area contributed by atoms with Gasteiger partial charge in [0.25, 0.3) is 5.91 Å². The zero-order chi connectivity index (χ0) is 14.0. The van der Waals surface area contributed by atoms with E-state index in [4.69, 9.17) is 5.73 Å². The number of carbonyl (C=O) groups excluding carboxylic acids is 1. The van der Waals surface area contributed by atoms with Crippen LogP contribution in [0.5, 0.6) is 0 Å². The van der Waals surface area contributed by atoms with Crippen molar-refractivity contribution in [3.8, 4) is 0 Å². The molecular weight excluding hydrogens is 324 g/mol. The van der Waals surface area contributed by atoms with Crippen molar-refractivity contribution in [2.75, 3.05) is 5.73 Å². The molecule has 0 saturated carbocycles. The number of hydrogen-bond acceptors (Lipinski definition) is 3. The van der Waals surface area contributed by atoms with Crippen molar-refractivity contribution in [2.24, 2.45) is 0 Å². The Morgan fingerprint density at radius 1 is 1.37 bits per heavy atom. The highest BCUT2D eigenvalue weighted by Gasteiger charge is 2.14. The second-order valence-electron chi connectivity index (χ2n) is 4.37. The third kappa shape index (κ3) is 3.36. The molecule has 0 fully saturated rings. The average molecular weight is 339 g/mol. The second-order valence-corrected chi connectivity index (χ2v) is 6.54. The number of aryl methyl sites for hydroxylation is 1. The number of halogens is 1. The van der Waals surface area contributed by atoms with Gasteiger partial charge in [-0.1, -0.05) is 28.1 Å². The fraction of sp³-hybridized carbons (Fsp3) is 0.214. The number of carbonyl (C=O) groups is 1. The van der Waals surface area contributed by atoms with Gasteiger partial charge in [-0.3, -0.25) is 4.79 Å². The van der Waals surface area contributed by atoms with Crippen LogP contribution in [0, 0.1) is 6.92 Å². The summed E-state index contributed by atoms with van der Waals surface area (Å²) in [5, 5.41) is 2.97. The summed E-state index contributed by atoms with van der Waals surface area (Å²) in [6, 6.07) is 9.59. The maximum Gasteiger partial charge on any atom is 0.261 e. The standard InChI is InChI=1S/C14H15BrN2OS/c1-8(10-3-5-11(15)6-4-10)17-14(18)13-7-12(16)9(2)19-13/h3-8H,16H2,1-2H3,(H,17,18)/t8-/m1/s1. The first kappa shape index (κ1) is 14.1. The van der Waals surface area contributed by atoms with Gasteiger partial charge in [0.05, 0.1) is 10.9 Å². The molecule has 0 spiro atoms. The average Bonchev–Trinajstić information content (AvgIpc) is 2.70. The molecular formula is C14H15BrN2OS. The molecule has 3 N–H and O–H groups in total. The Kier molecular flexibility index (Phi) is 4.27. The van der Waals surface area contributed by atoms with Crippen LogP contribution in [0.15, 0.2) is 34.8 Å². The number of nitrogens with two attached hydrogens (primary N) is 1. The molecule has 5 heteroatoms. The number of amides is 1. The molecule has 2 aromatic rings. The maximum absolute atomic E-state index is 12.1. The van der Waals surface area contributed by atoms with Gasteiger partial charge in [-0.2, -0.15) is 0 Å². The third-order valence-corrected chi connectivity index (χ3v) is 4.49. The van der Waals surface area contributed by atoms with Gasteiger partial charge in [-0.25, -0.2) is 0 Å². The van der Waals surface area contributed by atoms with Gasteiger partial charge >= 0.3 is 0 Å². The van der Waals surface area contributed by atoms with Gasteiger partial charge in [0.1, 0.15) is 0 Å². The Bertz CT molecular complexity index is 572. The summed E-state index contributed by atoms with van der Waals surface area (Å²) in [6.07, 6.45) is 0. The summed E-state index contributed by atoms with van der Waals surface area (Å²) in [5.74, 6) is -0.0831. The second kappa shape index (κ2) is 5.75. The van der Waals surface area contributed by atoms with Crippen molar-refractivity contribution < 1.29 is 4.79 Å². The third-order valence-electron chi connectivity index (χ3n) is 2.90. The first-order valence-corrected chi connectivity index (χ1v) is 7.50. The highest BCUT2D eigenvalue weighted by atomic mass is 79.9. The van der Waals surface area contributed by atoms with E-state index in [-0.39, 0.29) is 11.9 Å². The van der Waals surface area contributed by atoms with Crippen LogP contribution in [0.2, 0.25) is 0 Å². The summed E-state index contributed by atoms with van der Waals surface area (Å²) in [7, 11) is 0. The van der Waals surface area contributed by atoms with Crippen molar-refractivity contribution in [3.63, 3.8) is 0 Å². The zero-order valence-electron chi connectivity index (χ0n) is 10.7. The van der Waals surface area contributed by atoms with Crippen molar-refractivity contribution in [3.05, 3.63) is 50.1 Å². The Morgan fingerprint density at radius 2 is 2.00 bits per heavy atom. The normalized spacial score (nSPS) is 12.2. The molecule has 0 saturated heterocycles. The maximum atomic E-state index is 12.1. The lowest BCUT2D eigenvalue weighted by Gasteiger charge is -2.13. The van der Waals surface area contributed by atoms with E-state index in [0.717, 1.165) is 14.9 Å². The molecule has 0 aliphatic carbocycles. The number of benzene rings is 1. The van der Waals surface area contributed by atoms with Gasteiger partial charge in [0, 0.05) is 15.0 Å². The van der Waals surface area contributed by atoms with E-state index < -0.39 is 0 Å². The molecule has 100 valence electrons. The minimum absolute atomic E-state index is 0.0377. The van der Waals surface area contributed by atoms with Gasteiger partial charge in [-0.15, -0.1) is 11.3 Å². The van der Waals surface area contributed by atoms with E-state index in [1.54, 1.807) is 6.07 Å². The Labute approximate surface area is 125 Å². The first-order valence-electron chi connectivity index (χ1n) is 5.89. The first-order chi connectivity index (χ1) is 8.97. The van der Waals surface area contributed by atoms with Crippen LogP contribution in [0.3, 0.4) is 0 Å². The van der Waals surface area contributed by atoms with Crippen LogP contribution in [0.1, 0.15) is 33.1 Å². The molecule has 0 aliphatic heterocycles. The summed E-state index contributed by atoms with van der Waals surface area (Å²) in [6.45, 7) is 3.87. The number of thiophene rings is 1. The molecule has 0 aliphatic rings. The van der Waals surface area contributed by atoms with Crippen LogP contribution < -0.4 is 11.1 Å². The minimum Gasteiger partial charge on any atom is -0.398 e. The predicted octanol–water partition coefficient (Wildman–Crippen LogP) is 3.89. The van der Waals surface area contributed by atoms with E-state index in [0.29, 0.717) is 10.6 Å². The highest BCUT2D eigenvalue weighted by molar-refractivity contribution is 9.10. The zero-order valence-corrected chi connectivity index (χ0v) is 13.1. The lowest BCUT2D eigenvalue weighted by molar-refractivity contribution is 0.0944. The molecule has 1 aromatic heterocycles. The van der Waals surface area contributed by atoms with Crippen LogP contribution in [0.4, 0.5) is 5.69 Å². The lowest BCUT2D eigenvalue weighted by Crippen LogP contribution is -2.25. The molecule has 1 amide bonds. The molecule has 0 bridgehead atoms. The van der Waals surface area contributed by atoms with Gasteiger partial charge in [0.15, 0.2) is 0 Å². The monoisotopic (exact) mass is 338 g/mol. The molecule has 3 nitrogen and oxygen atoms in total. The molecule has 1 atom stereocenters. The fourth-order valence-corrected chi connectivity index (χ4v) is 2.82. The van der Waals surface area contributed by atoms with Crippen molar-refractivity contribution in [1.29, 1.82) is 0 Å². The van der Waals surface area contributed by atoms with Gasteiger partial charge in [0.2, 0.25) is 0 Å². The Morgan fingerprint density at radius 3 is 2.53 bits per heavy atom. The van der Waals surface area contributed by atoms with E-state index in [1.165, 1.54) is 11.3 Å². The number of rotatable bonds is 3. The van der Waals surface area contributed by atoms with E-state index in [9.17, 15) is 4.79 Å². The van der Waals surface area contributed by atoms with E-state index in [2.05, 4.69) is 21.2 Å². The smallest absolute Gasteiger partial charge is 0.261 e. The number of hydrogen-bond donors (Lipinski definition) is 2. The summed E-state index contributed by atoms with van der Waals surface area (Å²) >= 11 is 4.81. The van der Waals surface area contributed by atoms with Crippen LogP contribution >= 0.6 is 27.3 Å². The van der Waals surface area contributed by atoms with Crippen LogP contribution in [0.25, 0.3) is 0 Å². The Balaban J connectivity index is 2.08. The summed E-state index contributed by atoms with van der Waals surface area (Å²) in [4.78, 5) is 13.7.